The molecule has 2 atom stereocenters. The predicted octanol–water partition coefficient (Wildman–Crippen LogP) is 2.59. The molecule has 2 aromatic rings. The zero-order valence-corrected chi connectivity index (χ0v) is 15.5. The molecule has 3 rings (SSSR count). The number of nitrogens with one attached hydrogen (secondary N) is 1. The highest BCUT2D eigenvalue weighted by molar-refractivity contribution is 8.00. The highest BCUT2D eigenvalue weighted by Gasteiger charge is 2.22. The molecular weight excluding hydrogens is 338 g/mol. The molecule has 1 saturated heterocycles. The monoisotopic (exact) mass is 361 g/mol. The second-order valence-corrected chi connectivity index (χ2v) is 7.65. The highest BCUT2D eigenvalue weighted by atomic mass is 32.2. The van der Waals surface area contributed by atoms with Crippen molar-refractivity contribution < 1.29 is 9.53 Å². The van der Waals surface area contributed by atoms with Gasteiger partial charge in [-0.15, -0.1) is 5.10 Å². The van der Waals surface area contributed by atoms with E-state index in [-0.39, 0.29) is 17.3 Å². The van der Waals surface area contributed by atoms with Crippen molar-refractivity contribution in [3.05, 3.63) is 29.3 Å². The molecule has 0 saturated carbocycles. The molecule has 0 spiro atoms. The summed E-state index contributed by atoms with van der Waals surface area (Å²) in [6, 6.07) is 5.97. The number of carbonyl (C=O) groups excluding carboxylic acids is 1. The number of hydrogen-bond donors (Lipinski definition) is 1. The Balaban J connectivity index is 1.60. The normalized spacial score (nSPS) is 18.3. The Hall–Kier alpha value is -1.93. The number of thioether (sulfide) groups is 1. The SMILES string of the molecule is Cc1ccc(NC(=O)C(C)Sc2nnnn2CC2CCCO2)c(C)c1. The Kier molecular flexibility index (Phi) is 5.70. The van der Waals surface area contributed by atoms with Crippen LogP contribution in [0.4, 0.5) is 5.69 Å². The average Bonchev–Trinajstić information content (AvgIpc) is 3.23. The van der Waals surface area contributed by atoms with Crippen LogP contribution in [0.5, 0.6) is 0 Å². The lowest BCUT2D eigenvalue weighted by molar-refractivity contribution is -0.115. The van der Waals surface area contributed by atoms with Gasteiger partial charge in [0.25, 0.3) is 0 Å². The number of aromatic nitrogens is 4. The van der Waals surface area contributed by atoms with Crippen molar-refractivity contribution in [1.29, 1.82) is 0 Å². The number of aryl methyl sites for hydroxylation is 2. The number of tetrazole rings is 1. The van der Waals surface area contributed by atoms with Gasteiger partial charge in [0.2, 0.25) is 11.1 Å². The van der Waals surface area contributed by atoms with Gasteiger partial charge in [-0.25, -0.2) is 4.68 Å². The van der Waals surface area contributed by atoms with Gasteiger partial charge in [-0.05, 0) is 55.7 Å². The molecule has 25 heavy (non-hydrogen) atoms. The highest BCUT2D eigenvalue weighted by Crippen LogP contribution is 2.24. The summed E-state index contributed by atoms with van der Waals surface area (Å²) in [6.45, 7) is 7.30. The molecular formula is C17H23N5O2S. The Morgan fingerprint density at radius 2 is 2.32 bits per heavy atom. The van der Waals surface area contributed by atoms with Crippen molar-refractivity contribution in [3.8, 4) is 0 Å². The van der Waals surface area contributed by atoms with Crippen LogP contribution in [-0.4, -0.2) is 44.1 Å². The third-order valence-electron chi connectivity index (χ3n) is 4.19. The van der Waals surface area contributed by atoms with Gasteiger partial charge in [-0.2, -0.15) is 0 Å². The number of carbonyl (C=O) groups is 1. The summed E-state index contributed by atoms with van der Waals surface area (Å²) in [5, 5.41) is 15.1. The maximum Gasteiger partial charge on any atom is 0.237 e. The number of benzene rings is 1. The van der Waals surface area contributed by atoms with Crippen LogP contribution in [0.3, 0.4) is 0 Å². The van der Waals surface area contributed by atoms with E-state index in [9.17, 15) is 4.79 Å². The first-order chi connectivity index (χ1) is 12.0. The van der Waals surface area contributed by atoms with Crippen molar-refractivity contribution in [2.75, 3.05) is 11.9 Å². The molecule has 1 aromatic carbocycles. The standard InChI is InChI=1S/C17H23N5O2S/c1-11-6-7-15(12(2)9-11)18-16(23)13(3)25-17-19-20-21-22(17)10-14-5-4-8-24-14/h6-7,9,13-14H,4-5,8,10H2,1-3H3,(H,18,23). The molecule has 134 valence electrons. The van der Waals surface area contributed by atoms with Crippen molar-refractivity contribution in [1.82, 2.24) is 20.2 Å². The minimum Gasteiger partial charge on any atom is -0.376 e. The van der Waals surface area contributed by atoms with E-state index >= 15 is 0 Å². The van der Waals surface area contributed by atoms with Crippen LogP contribution < -0.4 is 5.32 Å². The quantitative estimate of drug-likeness (QED) is 0.797. The largest absolute Gasteiger partial charge is 0.376 e. The van der Waals surface area contributed by atoms with Gasteiger partial charge >= 0.3 is 0 Å². The van der Waals surface area contributed by atoms with Gasteiger partial charge in [0.05, 0.1) is 17.9 Å². The van der Waals surface area contributed by atoms with Gasteiger partial charge in [-0.1, -0.05) is 29.5 Å². The predicted molar refractivity (Wildman–Crippen MR) is 96.7 cm³/mol. The van der Waals surface area contributed by atoms with Crippen molar-refractivity contribution >= 4 is 23.4 Å². The smallest absolute Gasteiger partial charge is 0.237 e. The Morgan fingerprint density at radius 1 is 1.48 bits per heavy atom. The van der Waals surface area contributed by atoms with E-state index in [1.54, 1.807) is 4.68 Å². The van der Waals surface area contributed by atoms with Crippen LogP contribution in [0.15, 0.2) is 23.4 Å². The van der Waals surface area contributed by atoms with E-state index in [4.69, 9.17) is 4.74 Å². The van der Waals surface area contributed by atoms with Gasteiger partial charge < -0.3 is 10.1 Å². The zero-order chi connectivity index (χ0) is 17.8. The fourth-order valence-electron chi connectivity index (χ4n) is 2.78. The summed E-state index contributed by atoms with van der Waals surface area (Å²) in [5.74, 6) is -0.0661. The van der Waals surface area contributed by atoms with Crippen LogP contribution in [0.25, 0.3) is 0 Å². The van der Waals surface area contributed by atoms with E-state index in [1.807, 2.05) is 32.9 Å². The number of rotatable bonds is 6. The molecule has 1 N–H and O–H groups in total. The number of amides is 1. The molecule has 0 aliphatic carbocycles. The third-order valence-corrected chi connectivity index (χ3v) is 5.26. The molecule has 7 nitrogen and oxygen atoms in total. The van der Waals surface area contributed by atoms with Crippen molar-refractivity contribution in [2.45, 2.75) is 56.7 Å². The molecule has 1 aromatic heterocycles. The van der Waals surface area contributed by atoms with E-state index < -0.39 is 0 Å². The fraction of sp³-hybridized carbons (Fsp3) is 0.529. The van der Waals surface area contributed by atoms with Gasteiger partial charge in [-0.3, -0.25) is 4.79 Å². The van der Waals surface area contributed by atoms with Gasteiger partial charge in [0.1, 0.15) is 0 Å². The molecule has 2 unspecified atom stereocenters. The summed E-state index contributed by atoms with van der Waals surface area (Å²) >= 11 is 1.36. The number of nitrogens with zero attached hydrogens (tertiary/aromatic N) is 4. The van der Waals surface area contributed by atoms with Crippen LogP contribution >= 0.6 is 11.8 Å². The second-order valence-electron chi connectivity index (χ2n) is 6.35. The molecule has 8 heteroatoms. The summed E-state index contributed by atoms with van der Waals surface area (Å²) in [6.07, 6.45) is 2.25. The van der Waals surface area contributed by atoms with Crippen molar-refractivity contribution in [2.24, 2.45) is 0 Å². The zero-order valence-electron chi connectivity index (χ0n) is 14.7. The lowest BCUT2D eigenvalue weighted by Crippen LogP contribution is -2.24. The van der Waals surface area contributed by atoms with E-state index in [0.717, 1.165) is 30.7 Å². The lowest BCUT2D eigenvalue weighted by atomic mass is 10.1. The van der Waals surface area contributed by atoms with E-state index in [0.29, 0.717) is 11.7 Å². The molecule has 0 radical (unpaired) electrons. The van der Waals surface area contributed by atoms with Crippen LogP contribution in [0, 0.1) is 13.8 Å². The first-order valence-corrected chi connectivity index (χ1v) is 9.33. The summed E-state index contributed by atoms with van der Waals surface area (Å²) < 4.78 is 7.35. The minimum absolute atomic E-state index is 0.0661. The Morgan fingerprint density at radius 3 is 3.04 bits per heavy atom. The minimum atomic E-state index is -0.310. The second kappa shape index (κ2) is 7.97. The maximum atomic E-state index is 12.5. The molecule has 2 heterocycles. The first kappa shape index (κ1) is 17.9. The maximum absolute atomic E-state index is 12.5. The summed E-state index contributed by atoms with van der Waals surface area (Å²) in [7, 11) is 0. The van der Waals surface area contributed by atoms with Crippen LogP contribution in [0.1, 0.15) is 30.9 Å². The van der Waals surface area contributed by atoms with E-state index in [2.05, 4.69) is 26.9 Å². The summed E-state index contributed by atoms with van der Waals surface area (Å²) in [5.41, 5.74) is 3.06. The number of ether oxygens (including phenoxy) is 1. The average molecular weight is 361 g/mol. The molecule has 1 aliphatic rings. The van der Waals surface area contributed by atoms with Gasteiger partial charge in [0, 0.05) is 12.3 Å². The number of anilines is 1. The van der Waals surface area contributed by atoms with Crippen molar-refractivity contribution in [3.63, 3.8) is 0 Å². The van der Waals surface area contributed by atoms with Gasteiger partial charge in [0.15, 0.2) is 0 Å². The summed E-state index contributed by atoms with van der Waals surface area (Å²) in [4.78, 5) is 12.5. The van der Waals surface area contributed by atoms with Crippen LogP contribution in [-0.2, 0) is 16.1 Å². The van der Waals surface area contributed by atoms with E-state index in [1.165, 1.54) is 17.3 Å². The topological polar surface area (TPSA) is 81.9 Å². The number of hydrogen-bond acceptors (Lipinski definition) is 6. The molecule has 1 aliphatic heterocycles. The molecule has 1 fully saturated rings. The Labute approximate surface area is 151 Å². The fourth-order valence-corrected chi connectivity index (χ4v) is 3.58. The molecule has 1 amide bonds. The first-order valence-electron chi connectivity index (χ1n) is 8.45. The van der Waals surface area contributed by atoms with Crippen LogP contribution in [0.2, 0.25) is 0 Å². The Bertz CT molecular complexity index is 742. The molecule has 0 bridgehead atoms. The third kappa shape index (κ3) is 4.58. The lowest BCUT2D eigenvalue weighted by Gasteiger charge is -2.14.